The molecule has 0 aliphatic carbocycles. The summed E-state index contributed by atoms with van der Waals surface area (Å²) in [7, 11) is 1.46. The first-order valence-electron chi connectivity index (χ1n) is 3.48. The molecule has 1 aromatic heterocycles. The summed E-state index contributed by atoms with van der Waals surface area (Å²) in [6.07, 6.45) is 1.54. The second-order valence-electron chi connectivity index (χ2n) is 2.29. The van der Waals surface area contributed by atoms with Crippen LogP contribution in [-0.4, -0.2) is 24.5 Å². The van der Waals surface area contributed by atoms with Crippen LogP contribution in [0.15, 0.2) is 18.3 Å². The van der Waals surface area contributed by atoms with Gasteiger partial charge in [-0.3, -0.25) is 4.79 Å². The lowest BCUT2D eigenvalue weighted by Crippen LogP contribution is -2.10. The fourth-order valence-corrected chi connectivity index (χ4v) is 0.862. The topological polar surface area (TPSA) is 65.2 Å². The number of ketones is 1. The first-order valence-corrected chi connectivity index (χ1v) is 3.48. The number of hydrogen-bond donors (Lipinski definition) is 1. The number of carbonyl (C=O) groups is 1. The molecule has 0 fully saturated rings. The van der Waals surface area contributed by atoms with Gasteiger partial charge < -0.3 is 10.5 Å². The lowest BCUT2D eigenvalue weighted by molar-refractivity contribution is 0.0848. The maximum atomic E-state index is 11.2. The largest absolute Gasteiger partial charge is 0.383 e. The van der Waals surface area contributed by atoms with Gasteiger partial charge >= 0.3 is 0 Å². The van der Waals surface area contributed by atoms with E-state index >= 15 is 0 Å². The highest BCUT2D eigenvalue weighted by Gasteiger charge is 2.08. The summed E-state index contributed by atoms with van der Waals surface area (Å²) < 4.78 is 4.68. The monoisotopic (exact) mass is 166 g/mol. The average Bonchev–Trinajstić information content (AvgIpc) is 2.05. The summed E-state index contributed by atoms with van der Waals surface area (Å²) in [5.41, 5.74) is 5.88. The Balaban J connectivity index is 2.87. The van der Waals surface area contributed by atoms with Crippen LogP contribution in [0.4, 0.5) is 5.82 Å². The highest BCUT2D eigenvalue weighted by atomic mass is 16.5. The van der Waals surface area contributed by atoms with Gasteiger partial charge in [-0.2, -0.15) is 0 Å². The Morgan fingerprint density at radius 1 is 1.75 bits per heavy atom. The number of nitrogens with two attached hydrogens (primary N) is 1. The van der Waals surface area contributed by atoms with Crippen molar-refractivity contribution in [3.63, 3.8) is 0 Å². The number of Topliss-reactive ketones (excluding diaryl/α,β-unsaturated/α-hetero) is 1. The molecule has 0 saturated carbocycles. The summed E-state index contributed by atoms with van der Waals surface area (Å²) in [5, 5.41) is 0. The van der Waals surface area contributed by atoms with Crippen LogP contribution in [-0.2, 0) is 4.74 Å². The number of nitrogen functional groups attached to an aromatic ring is 1. The van der Waals surface area contributed by atoms with Crippen LogP contribution in [0.3, 0.4) is 0 Å². The number of rotatable bonds is 3. The molecule has 64 valence electrons. The lowest BCUT2D eigenvalue weighted by Gasteiger charge is -2.01. The highest BCUT2D eigenvalue weighted by molar-refractivity contribution is 6.00. The third kappa shape index (κ3) is 1.79. The zero-order chi connectivity index (χ0) is 8.97. The molecular weight excluding hydrogens is 156 g/mol. The second-order valence-corrected chi connectivity index (χ2v) is 2.29. The SMILES string of the molecule is COCC(=O)c1cccnc1N. The second kappa shape index (κ2) is 3.82. The summed E-state index contributed by atoms with van der Waals surface area (Å²) in [4.78, 5) is 15.0. The van der Waals surface area contributed by atoms with Gasteiger partial charge in [0, 0.05) is 13.3 Å². The van der Waals surface area contributed by atoms with E-state index in [0.29, 0.717) is 5.56 Å². The molecule has 0 aliphatic heterocycles. The Morgan fingerprint density at radius 3 is 3.08 bits per heavy atom. The Kier molecular flexibility index (Phi) is 2.76. The minimum atomic E-state index is -0.150. The van der Waals surface area contributed by atoms with Crippen LogP contribution < -0.4 is 5.73 Å². The average molecular weight is 166 g/mol. The normalized spacial score (nSPS) is 9.75. The molecule has 0 radical (unpaired) electrons. The zero-order valence-corrected chi connectivity index (χ0v) is 6.78. The number of carbonyl (C=O) groups excluding carboxylic acids is 1. The van der Waals surface area contributed by atoms with Gasteiger partial charge in [0.25, 0.3) is 0 Å². The van der Waals surface area contributed by atoms with E-state index in [2.05, 4.69) is 9.72 Å². The number of methoxy groups -OCH3 is 1. The lowest BCUT2D eigenvalue weighted by atomic mass is 10.2. The standard InChI is InChI=1S/C8H10N2O2/c1-12-5-7(11)6-3-2-4-10-8(6)9/h2-4H,5H2,1H3,(H2,9,10). The third-order valence-corrected chi connectivity index (χ3v) is 1.41. The Bertz CT molecular complexity index is 286. The Labute approximate surface area is 70.4 Å². The van der Waals surface area contributed by atoms with E-state index in [1.54, 1.807) is 18.3 Å². The molecule has 0 amide bonds. The van der Waals surface area contributed by atoms with E-state index in [9.17, 15) is 4.79 Å². The van der Waals surface area contributed by atoms with Crippen molar-refractivity contribution in [3.05, 3.63) is 23.9 Å². The minimum absolute atomic E-state index is 0.0376. The Hall–Kier alpha value is -1.42. The maximum Gasteiger partial charge on any atom is 0.192 e. The summed E-state index contributed by atoms with van der Waals surface area (Å²) in [6.45, 7) is 0.0376. The van der Waals surface area contributed by atoms with Crippen LogP contribution >= 0.6 is 0 Å². The van der Waals surface area contributed by atoms with E-state index < -0.39 is 0 Å². The van der Waals surface area contributed by atoms with E-state index in [1.165, 1.54) is 7.11 Å². The van der Waals surface area contributed by atoms with Crippen LogP contribution in [0.1, 0.15) is 10.4 Å². The van der Waals surface area contributed by atoms with Crippen LogP contribution in [0.25, 0.3) is 0 Å². The quantitative estimate of drug-likeness (QED) is 0.664. The van der Waals surface area contributed by atoms with Crippen molar-refractivity contribution in [1.82, 2.24) is 4.98 Å². The van der Waals surface area contributed by atoms with Gasteiger partial charge in [0.2, 0.25) is 0 Å². The van der Waals surface area contributed by atoms with Gasteiger partial charge in [-0.15, -0.1) is 0 Å². The molecule has 1 heterocycles. The van der Waals surface area contributed by atoms with Gasteiger partial charge in [0.05, 0.1) is 5.56 Å². The number of ether oxygens (including phenoxy) is 1. The predicted octanol–water partition coefficient (Wildman–Crippen LogP) is 0.493. The van der Waals surface area contributed by atoms with Gasteiger partial charge in [0.15, 0.2) is 5.78 Å². The number of nitrogens with zero attached hydrogens (tertiary/aromatic N) is 1. The first-order chi connectivity index (χ1) is 5.75. The summed E-state index contributed by atoms with van der Waals surface area (Å²) >= 11 is 0. The molecule has 1 rings (SSSR count). The molecule has 0 aromatic carbocycles. The smallest absolute Gasteiger partial charge is 0.192 e. The molecule has 4 nitrogen and oxygen atoms in total. The maximum absolute atomic E-state index is 11.2. The van der Waals surface area contributed by atoms with Crippen molar-refractivity contribution in [2.45, 2.75) is 0 Å². The van der Waals surface area contributed by atoms with Crippen molar-refractivity contribution in [1.29, 1.82) is 0 Å². The molecular formula is C8H10N2O2. The van der Waals surface area contributed by atoms with Gasteiger partial charge in [-0.05, 0) is 12.1 Å². The fraction of sp³-hybridized carbons (Fsp3) is 0.250. The van der Waals surface area contributed by atoms with Crippen molar-refractivity contribution < 1.29 is 9.53 Å². The van der Waals surface area contributed by atoms with Crippen LogP contribution in [0, 0.1) is 0 Å². The predicted molar refractivity (Wildman–Crippen MR) is 44.9 cm³/mol. The summed E-state index contributed by atoms with van der Waals surface area (Å²) in [5.74, 6) is 0.0997. The molecule has 0 saturated heterocycles. The molecule has 1 aromatic rings. The van der Waals surface area contributed by atoms with E-state index in [-0.39, 0.29) is 18.2 Å². The van der Waals surface area contributed by atoms with E-state index in [1.807, 2.05) is 0 Å². The number of hydrogen-bond acceptors (Lipinski definition) is 4. The molecule has 0 spiro atoms. The molecule has 12 heavy (non-hydrogen) atoms. The van der Waals surface area contributed by atoms with Crippen molar-refractivity contribution in [3.8, 4) is 0 Å². The zero-order valence-electron chi connectivity index (χ0n) is 6.78. The summed E-state index contributed by atoms with van der Waals surface area (Å²) in [6, 6.07) is 3.29. The number of pyridine rings is 1. The van der Waals surface area contributed by atoms with Crippen molar-refractivity contribution in [2.75, 3.05) is 19.5 Å². The molecule has 2 N–H and O–H groups in total. The third-order valence-electron chi connectivity index (χ3n) is 1.41. The Morgan fingerprint density at radius 2 is 2.50 bits per heavy atom. The molecule has 0 bridgehead atoms. The highest BCUT2D eigenvalue weighted by Crippen LogP contribution is 2.07. The van der Waals surface area contributed by atoms with Gasteiger partial charge in [-0.25, -0.2) is 4.98 Å². The van der Waals surface area contributed by atoms with Crippen molar-refractivity contribution >= 4 is 11.6 Å². The fourth-order valence-electron chi connectivity index (χ4n) is 0.862. The molecule has 0 aliphatic rings. The van der Waals surface area contributed by atoms with Gasteiger partial charge in [0.1, 0.15) is 12.4 Å². The molecule has 0 atom stereocenters. The minimum Gasteiger partial charge on any atom is -0.383 e. The number of anilines is 1. The molecule has 4 heteroatoms. The van der Waals surface area contributed by atoms with E-state index in [4.69, 9.17) is 5.73 Å². The first kappa shape index (κ1) is 8.67. The van der Waals surface area contributed by atoms with Gasteiger partial charge in [-0.1, -0.05) is 0 Å². The number of aromatic nitrogens is 1. The van der Waals surface area contributed by atoms with Crippen LogP contribution in [0.5, 0.6) is 0 Å². The van der Waals surface area contributed by atoms with Crippen molar-refractivity contribution in [2.24, 2.45) is 0 Å². The van der Waals surface area contributed by atoms with Crippen LogP contribution in [0.2, 0.25) is 0 Å². The van der Waals surface area contributed by atoms with E-state index in [0.717, 1.165) is 0 Å². The molecule has 0 unspecified atom stereocenters.